The third-order valence-corrected chi connectivity index (χ3v) is 3.85. The smallest absolute Gasteiger partial charge is 0.240 e. The highest BCUT2D eigenvalue weighted by molar-refractivity contribution is 5.82. The number of likely N-dealkylation sites (tertiary alicyclic amines) is 1. The molecule has 0 radical (unpaired) electrons. The minimum atomic E-state index is -0.464. The van der Waals surface area contributed by atoms with Crippen molar-refractivity contribution in [1.82, 2.24) is 10.2 Å². The first-order valence-electron chi connectivity index (χ1n) is 7.59. The molecule has 20 heavy (non-hydrogen) atoms. The van der Waals surface area contributed by atoms with Gasteiger partial charge in [-0.2, -0.15) is 0 Å². The Morgan fingerprint density at radius 3 is 2.30 bits per heavy atom. The van der Waals surface area contributed by atoms with Gasteiger partial charge in [-0.3, -0.25) is 9.59 Å². The summed E-state index contributed by atoms with van der Waals surface area (Å²) in [4.78, 5) is 25.7. The zero-order chi connectivity index (χ0) is 15.3. The van der Waals surface area contributed by atoms with Crippen LogP contribution in [0, 0.1) is 5.41 Å². The number of nitrogens with one attached hydrogen (secondary N) is 1. The minimum absolute atomic E-state index is 0.0239. The summed E-state index contributed by atoms with van der Waals surface area (Å²) < 4.78 is 0. The normalized spacial score (nSPS) is 18.8. The molecule has 1 aliphatic rings. The molecule has 0 aromatic heterocycles. The number of hydrogen-bond acceptors (Lipinski definition) is 3. The molecule has 3 N–H and O–H groups in total. The van der Waals surface area contributed by atoms with E-state index in [1.165, 1.54) is 0 Å². The molecule has 0 saturated carbocycles. The van der Waals surface area contributed by atoms with E-state index in [4.69, 9.17) is 5.73 Å². The van der Waals surface area contributed by atoms with Gasteiger partial charge >= 0.3 is 0 Å². The molecule has 0 aromatic rings. The molecule has 2 amide bonds. The van der Waals surface area contributed by atoms with E-state index in [2.05, 4.69) is 5.32 Å². The van der Waals surface area contributed by atoms with Crippen molar-refractivity contribution in [1.29, 1.82) is 0 Å². The van der Waals surface area contributed by atoms with Gasteiger partial charge in [0, 0.05) is 25.6 Å². The number of carbonyl (C=O) groups excluding carboxylic acids is 2. The molecule has 0 aliphatic carbocycles. The summed E-state index contributed by atoms with van der Waals surface area (Å²) in [7, 11) is 0. The Hall–Kier alpha value is -1.10. The summed E-state index contributed by atoms with van der Waals surface area (Å²) in [6.45, 7) is 9.29. The maximum Gasteiger partial charge on any atom is 0.240 e. The van der Waals surface area contributed by atoms with Crippen molar-refractivity contribution in [2.45, 2.75) is 65.5 Å². The van der Waals surface area contributed by atoms with E-state index < -0.39 is 6.04 Å². The van der Waals surface area contributed by atoms with Gasteiger partial charge in [0.15, 0.2) is 0 Å². The standard InChI is InChI=1S/C15H29N3O2/c1-5-6-12(19)17-11-7-9-18(10-8-11)14(20)13(16)15(2,3)4/h11,13H,5-10,16H2,1-4H3,(H,17,19)/t13-/m1/s1. The molecule has 1 fully saturated rings. The van der Waals surface area contributed by atoms with Crippen molar-refractivity contribution in [3.63, 3.8) is 0 Å². The van der Waals surface area contributed by atoms with E-state index >= 15 is 0 Å². The summed E-state index contributed by atoms with van der Waals surface area (Å²) in [6, 6.07) is -0.266. The van der Waals surface area contributed by atoms with Gasteiger partial charge in [-0.05, 0) is 24.7 Å². The average Bonchev–Trinajstić information content (AvgIpc) is 2.37. The second kappa shape index (κ2) is 7.07. The molecule has 5 heteroatoms. The Labute approximate surface area is 122 Å². The van der Waals surface area contributed by atoms with Gasteiger partial charge in [-0.15, -0.1) is 0 Å². The van der Waals surface area contributed by atoms with Gasteiger partial charge < -0.3 is 16.0 Å². The van der Waals surface area contributed by atoms with E-state index in [1.807, 2.05) is 32.6 Å². The van der Waals surface area contributed by atoms with Crippen LogP contribution in [0.2, 0.25) is 0 Å². The van der Waals surface area contributed by atoms with Gasteiger partial charge in [0.05, 0.1) is 6.04 Å². The van der Waals surface area contributed by atoms with Gasteiger partial charge in [-0.1, -0.05) is 27.7 Å². The zero-order valence-electron chi connectivity index (χ0n) is 13.2. The Bertz CT molecular complexity index is 342. The molecule has 1 rings (SSSR count). The molecule has 116 valence electrons. The SMILES string of the molecule is CCCC(=O)NC1CCN(C(=O)[C@@H](N)C(C)(C)C)CC1. The lowest BCUT2D eigenvalue weighted by Gasteiger charge is -2.36. The number of amides is 2. The van der Waals surface area contributed by atoms with Crippen molar-refractivity contribution >= 4 is 11.8 Å². The molecule has 1 aliphatic heterocycles. The fourth-order valence-corrected chi connectivity index (χ4v) is 2.34. The summed E-state index contributed by atoms with van der Waals surface area (Å²) in [5, 5.41) is 3.03. The van der Waals surface area contributed by atoms with Crippen LogP contribution in [-0.4, -0.2) is 41.9 Å². The van der Waals surface area contributed by atoms with Gasteiger partial charge in [-0.25, -0.2) is 0 Å². The molecule has 0 bridgehead atoms. The molecule has 0 spiro atoms. The van der Waals surface area contributed by atoms with E-state index in [0.717, 1.165) is 19.3 Å². The Morgan fingerprint density at radius 2 is 1.85 bits per heavy atom. The van der Waals surface area contributed by atoms with Crippen LogP contribution >= 0.6 is 0 Å². The summed E-state index contributed by atoms with van der Waals surface area (Å²) in [6.07, 6.45) is 3.08. The fraction of sp³-hybridized carbons (Fsp3) is 0.867. The van der Waals surface area contributed by atoms with E-state index in [1.54, 1.807) is 0 Å². The van der Waals surface area contributed by atoms with Crippen molar-refractivity contribution in [3.8, 4) is 0 Å². The minimum Gasteiger partial charge on any atom is -0.353 e. The highest BCUT2D eigenvalue weighted by Crippen LogP contribution is 2.21. The molecular weight excluding hydrogens is 254 g/mol. The predicted octanol–water partition coefficient (Wildman–Crippen LogP) is 1.27. The summed E-state index contributed by atoms with van der Waals surface area (Å²) in [5.41, 5.74) is 5.80. The fourth-order valence-electron chi connectivity index (χ4n) is 2.34. The number of piperidine rings is 1. The highest BCUT2D eigenvalue weighted by atomic mass is 16.2. The topological polar surface area (TPSA) is 75.4 Å². The second-order valence-corrected chi connectivity index (χ2v) is 6.76. The quantitative estimate of drug-likeness (QED) is 0.816. The Morgan fingerprint density at radius 1 is 1.30 bits per heavy atom. The maximum atomic E-state index is 12.3. The summed E-state index contributed by atoms with van der Waals surface area (Å²) >= 11 is 0. The molecule has 1 saturated heterocycles. The van der Waals surface area contributed by atoms with Crippen LogP contribution in [-0.2, 0) is 9.59 Å². The van der Waals surface area contributed by atoms with Crippen LogP contribution in [0.1, 0.15) is 53.4 Å². The number of hydrogen-bond donors (Lipinski definition) is 2. The van der Waals surface area contributed by atoms with E-state index in [0.29, 0.717) is 19.5 Å². The van der Waals surface area contributed by atoms with Gasteiger partial charge in [0.1, 0.15) is 0 Å². The van der Waals surface area contributed by atoms with Crippen LogP contribution < -0.4 is 11.1 Å². The number of nitrogens with zero attached hydrogens (tertiary/aromatic N) is 1. The van der Waals surface area contributed by atoms with E-state index in [9.17, 15) is 9.59 Å². The summed E-state index contributed by atoms with van der Waals surface area (Å²) in [5.74, 6) is 0.138. The van der Waals surface area contributed by atoms with Crippen LogP contribution in [0.5, 0.6) is 0 Å². The van der Waals surface area contributed by atoms with Crippen molar-refractivity contribution in [2.75, 3.05) is 13.1 Å². The molecule has 5 nitrogen and oxygen atoms in total. The number of carbonyl (C=O) groups is 2. The van der Waals surface area contributed by atoms with Crippen molar-refractivity contribution < 1.29 is 9.59 Å². The van der Waals surface area contributed by atoms with Crippen LogP contribution in [0.3, 0.4) is 0 Å². The van der Waals surface area contributed by atoms with Gasteiger partial charge in [0.2, 0.25) is 11.8 Å². The first kappa shape index (κ1) is 17.0. The van der Waals surface area contributed by atoms with E-state index in [-0.39, 0.29) is 23.3 Å². The lowest BCUT2D eigenvalue weighted by Crippen LogP contribution is -2.54. The molecule has 0 aromatic carbocycles. The number of rotatable bonds is 4. The number of nitrogens with two attached hydrogens (primary N) is 1. The van der Waals surface area contributed by atoms with Gasteiger partial charge in [0.25, 0.3) is 0 Å². The molecule has 1 atom stereocenters. The zero-order valence-corrected chi connectivity index (χ0v) is 13.2. The Balaban J connectivity index is 2.42. The molecule has 1 heterocycles. The predicted molar refractivity (Wildman–Crippen MR) is 80.1 cm³/mol. The monoisotopic (exact) mass is 283 g/mol. The first-order chi connectivity index (χ1) is 9.25. The largest absolute Gasteiger partial charge is 0.353 e. The first-order valence-corrected chi connectivity index (χ1v) is 7.59. The highest BCUT2D eigenvalue weighted by Gasteiger charge is 2.33. The Kier molecular flexibility index (Phi) is 5.99. The van der Waals surface area contributed by atoms with Crippen molar-refractivity contribution in [2.24, 2.45) is 11.1 Å². The second-order valence-electron chi connectivity index (χ2n) is 6.76. The third kappa shape index (κ3) is 4.78. The lowest BCUT2D eigenvalue weighted by atomic mass is 9.86. The molecule has 0 unspecified atom stereocenters. The van der Waals surface area contributed by atoms with Crippen LogP contribution in [0.4, 0.5) is 0 Å². The maximum absolute atomic E-state index is 12.3. The lowest BCUT2D eigenvalue weighted by molar-refractivity contribution is -0.136. The third-order valence-electron chi connectivity index (χ3n) is 3.85. The van der Waals surface area contributed by atoms with Crippen molar-refractivity contribution in [3.05, 3.63) is 0 Å². The van der Waals surface area contributed by atoms with Crippen LogP contribution in [0.15, 0.2) is 0 Å². The van der Waals surface area contributed by atoms with Crippen LogP contribution in [0.25, 0.3) is 0 Å². The molecular formula is C15H29N3O2. The average molecular weight is 283 g/mol.